The Hall–Kier alpha value is -1.16. The van der Waals surface area contributed by atoms with Gasteiger partial charge in [-0.2, -0.15) is 12.6 Å². The first kappa shape index (κ1) is 9.40. The molecule has 0 fully saturated rings. The Bertz CT molecular complexity index is 452. The van der Waals surface area contributed by atoms with Gasteiger partial charge in [0.25, 0.3) is 0 Å². The van der Waals surface area contributed by atoms with Crippen molar-refractivity contribution in [2.45, 2.75) is 6.92 Å². The molecular formula is C10H12N2OS. The van der Waals surface area contributed by atoms with E-state index >= 15 is 0 Å². The first-order valence-electron chi connectivity index (χ1n) is 4.40. The Labute approximate surface area is 88.1 Å². The average Bonchev–Trinajstić information content (AvgIpc) is 2.55. The quantitative estimate of drug-likeness (QED) is 0.607. The molecule has 0 amide bonds. The Balaban J connectivity index is 2.50. The zero-order valence-corrected chi connectivity index (χ0v) is 9.08. The van der Waals surface area contributed by atoms with Gasteiger partial charge in [0.2, 0.25) is 0 Å². The molecule has 2 aromatic rings. The summed E-state index contributed by atoms with van der Waals surface area (Å²) < 4.78 is 5.44. The summed E-state index contributed by atoms with van der Waals surface area (Å²) >= 11 is 4.21. The van der Waals surface area contributed by atoms with Gasteiger partial charge in [0, 0.05) is 25.7 Å². The lowest BCUT2D eigenvalue weighted by Crippen LogP contribution is -2.13. The molecule has 74 valence electrons. The van der Waals surface area contributed by atoms with E-state index < -0.39 is 0 Å². The van der Waals surface area contributed by atoms with E-state index in [0.717, 1.165) is 16.8 Å². The molecule has 1 aromatic heterocycles. The number of anilines is 1. The number of aryl methyl sites for hydroxylation is 1. The van der Waals surface area contributed by atoms with Crippen molar-refractivity contribution in [1.82, 2.24) is 4.98 Å². The molecule has 2 rings (SSSR count). The molecule has 0 saturated carbocycles. The van der Waals surface area contributed by atoms with E-state index in [0.29, 0.717) is 11.8 Å². The Morgan fingerprint density at radius 1 is 1.50 bits per heavy atom. The molecule has 0 aliphatic carbocycles. The van der Waals surface area contributed by atoms with E-state index in [4.69, 9.17) is 4.42 Å². The second-order valence-corrected chi connectivity index (χ2v) is 3.51. The topological polar surface area (TPSA) is 29.3 Å². The summed E-state index contributed by atoms with van der Waals surface area (Å²) in [6.07, 6.45) is 0. The van der Waals surface area contributed by atoms with Crippen LogP contribution in [0.1, 0.15) is 5.89 Å². The lowest BCUT2D eigenvalue weighted by atomic mass is 10.3. The highest BCUT2D eigenvalue weighted by Gasteiger charge is 2.04. The van der Waals surface area contributed by atoms with E-state index in [1.165, 1.54) is 0 Å². The zero-order valence-electron chi connectivity index (χ0n) is 8.19. The van der Waals surface area contributed by atoms with Crippen LogP contribution in [0.5, 0.6) is 0 Å². The highest BCUT2D eigenvalue weighted by Crippen LogP contribution is 2.21. The van der Waals surface area contributed by atoms with Crippen molar-refractivity contribution in [3.05, 3.63) is 24.1 Å². The number of hydrogen-bond donors (Lipinski definition) is 1. The predicted molar refractivity (Wildman–Crippen MR) is 61.0 cm³/mol. The van der Waals surface area contributed by atoms with E-state index in [9.17, 15) is 0 Å². The molecule has 0 unspecified atom stereocenters. The van der Waals surface area contributed by atoms with Crippen LogP contribution in [0.4, 0.5) is 5.69 Å². The molecule has 0 N–H and O–H groups in total. The summed E-state index contributed by atoms with van der Waals surface area (Å²) in [5.74, 6) is 1.38. The molecule has 1 aromatic carbocycles. The molecule has 0 bridgehead atoms. The van der Waals surface area contributed by atoms with Gasteiger partial charge in [-0.25, -0.2) is 4.98 Å². The standard InChI is InChI=1S/C10H12N2OS/c1-7-11-9-4-3-8(12(2)6-14)5-10(9)13-7/h3-5,14H,6H2,1-2H3. The number of thiol groups is 1. The second kappa shape index (κ2) is 3.53. The molecule has 0 aliphatic heterocycles. The van der Waals surface area contributed by atoms with Crippen LogP contribution in [0.15, 0.2) is 22.6 Å². The average molecular weight is 208 g/mol. The number of benzene rings is 1. The van der Waals surface area contributed by atoms with Crippen molar-refractivity contribution in [1.29, 1.82) is 0 Å². The molecule has 4 heteroatoms. The summed E-state index contributed by atoms with van der Waals surface area (Å²) in [5.41, 5.74) is 2.82. The van der Waals surface area contributed by atoms with Crippen LogP contribution in [0.2, 0.25) is 0 Å². The largest absolute Gasteiger partial charge is 0.441 e. The van der Waals surface area contributed by atoms with Crippen molar-refractivity contribution in [2.75, 3.05) is 17.8 Å². The monoisotopic (exact) mass is 208 g/mol. The lowest BCUT2D eigenvalue weighted by Gasteiger charge is -2.15. The van der Waals surface area contributed by atoms with Gasteiger partial charge in [-0.1, -0.05) is 0 Å². The smallest absolute Gasteiger partial charge is 0.192 e. The van der Waals surface area contributed by atoms with Gasteiger partial charge < -0.3 is 9.32 Å². The van der Waals surface area contributed by atoms with Crippen molar-refractivity contribution >= 4 is 29.4 Å². The molecule has 0 aliphatic rings. The van der Waals surface area contributed by atoms with Crippen molar-refractivity contribution in [2.24, 2.45) is 0 Å². The fourth-order valence-corrected chi connectivity index (χ4v) is 1.51. The molecule has 0 saturated heterocycles. The first-order chi connectivity index (χ1) is 6.70. The van der Waals surface area contributed by atoms with Gasteiger partial charge in [-0.05, 0) is 12.1 Å². The Morgan fingerprint density at radius 2 is 2.29 bits per heavy atom. The van der Waals surface area contributed by atoms with Crippen LogP contribution in [0.3, 0.4) is 0 Å². The Kier molecular flexibility index (Phi) is 2.37. The van der Waals surface area contributed by atoms with Gasteiger partial charge in [0.05, 0.1) is 5.88 Å². The van der Waals surface area contributed by atoms with Crippen LogP contribution in [0.25, 0.3) is 11.1 Å². The third kappa shape index (κ3) is 1.57. The molecule has 3 nitrogen and oxygen atoms in total. The second-order valence-electron chi connectivity index (χ2n) is 3.22. The normalized spacial score (nSPS) is 10.8. The van der Waals surface area contributed by atoms with Crippen LogP contribution >= 0.6 is 12.6 Å². The van der Waals surface area contributed by atoms with Crippen LogP contribution in [0, 0.1) is 6.92 Å². The number of oxazole rings is 1. The zero-order chi connectivity index (χ0) is 10.1. The molecular weight excluding hydrogens is 196 g/mol. The maximum absolute atomic E-state index is 5.44. The van der Waals surface area contributed by atoms with Gasteiger partial charge in [-0.15, -0.1) is 0 Å². The maximum atomic E-state index is 5.44. The van der Waals surface area contributed by atoms with Crippen LogP contribution < -0.4 is 4.90 Å². The van der Waals surface area contributed by atoms with Crippen molar-refractivity contribution < 1.29 is 4.42 Å². The molecule has 14 heavy (non-hydrogen) atoms. The SMILES string of the molecule is Cc1nc2ccc(N(C)CS)cc2o1. The van der Waals surface area contributed by atoms with Crippen LogP contribution in [-0.4, -0.2) is 17.9 Å². The molecule has 0 spiro atoms. The summed E-state index contributed by atoms with van der Waals surface area (Å²) in [5, 5.41) is 0. The van der Waals surface area contributed by atoms with Gasteiger partial charge in [0.15, 0.2) is 11.5 Å². The summed E-state index contributed by atoms with van der Waals surface area (Å²) in [6.45, 7) is 1.85. The lowest BCUT2D eigenvalue weighted by molar-refractivity contribution is 0.561. The van der Waals surface area contributed by atoms with E-state index in [1.807, 2.05) is 37.1 Å². The molecule has 1 heterocycles. The summed E-state index contributed by atoms with van der Waals surface area (Å²) in [7, 11) is 1.98. The van der Waals surface area contributed by atoms with E-state index in [2.05, 4.69) is 17.6 Å². The molecule has 0 radical (unpaired) electrons. The van der Waals surface area contributed by atoms with E-state index in [-0.39, 0.29) is 0 Å². The van der Waals surface area contributed by atoms with Gasteiger partial charge in [-0.3, -0.25) is 0 Å². The third-order valence-corrected chi connectivity index (χ3v) is 2.56. The predicted octanol–water partition coefficient (Wildman–Crippen LogP) is 2.46. The van der Waals surface area contributed by atoms with E-state index in [1.54, 1.807) is 0 Å². The minimum absolute atomic E-state index is 0.679. The number of hydrogen-bond acceptors (Lipinski definition) is 4. The summed E-state index contributed by atoms with van der Waals surface area (Å²) in [4.78, 5) is 6.26. The maximum Gasteiger partial charge on any atom is 0.192 e. The Morgan fingerprint density at radius 3 is 3.00 bits per heavy atom. The number of nitrogens with zero attached hydrogens (tertiary/aromatic N) is 2. The molecule has 0 atom stereocenters. The van der Waals surface area contributed by atoms with Gasteiger partial charge >= 0.3 is 0 Å². The minimum Gasteiger partial charge on any atom is -0.441 e. The van der Waals surface area contributed by atoms with Crippen LogP contribution in [-0.2, 0) is 0 Å². The highest BCUT2D eigenvalue weighted by molar-refractivity contribution is 7.80. The summed E-state index contributed by atoms with van der Waals surface area (Å²) in [6, 6.07) is 5.95. The number of fused-ring (bicyclic) bond motifs is 1. The highest BCUT2D eigenvalue weighted by atomic mass is 32.1. The van der Waals surface area contributed by atoms with Crippen molar-refractivity contribution in [3.8, 4) is 0 Å². The fourth-order valence-electron chi connectivity index (χ4n) is 1.35. The third-order valence-electron chi connectivity index (χ3n) is 2.13. The first-order valence-corrected chi connectivity index (χ1v) is 5.03. The minimum atomic E-state index is 0.679. The van der Waals surface area contributed by atoms with Crippen molar-refractivity contribution in [3.63, 3.8) is 0 Å². The number of aromatic nitrogens is 1. The fraction of sp³-hybridized carbons (Fsp3) is 0.300. The van der Waals surface area contributed by atoms with Gasteiger partial charge in [0.1, 0.15) is 5.52 Å². The number of rotatable bonds is 2.